The van der Waals surface area contributed by atoms with Gasteiger partial charge in [-0.1, -0.05) is 19.8 Å². The molecule has 0 saturated heterocycles. The summed E-state index contributed by atoms with van der Waals surface area (Å²) in [5, 5.41) is 0. The quantitative estimate of drug-likeness (QED) is 0.386. The van der Waals surface area contributed by atoms with E-state index in [0.717, 1.165) is 12.8 Å². The van der Waals surface area contributed by atoms with Crippen LogP contribution in [-0.4, -0.2) is 6.61 Å². The molecular formula is C5H11O2PZn. The van der Waals surface area contributed by atoms with Crippen LogP contribution in [-0.2, 0) is 28.6 Å². The van der Waals surface area contributed by atoms with Gasteiger partial charge in [0.15, 0.2) is 0 Å². The molecule has 0 radical (unpaired) electrons. The van der Waals surface area contributed by atoms with E-state index in [1.165, 1.54) is 6.42 Å². The predicted octanol–water partition coefficient (Wildman–Crippen LogP) is 2.40. The van der Waals surface area contributed by atoms with E-state index < -0.39 is 0 Å². The Balaban J connectivity index is 0. The zero-order valence-electron chi connectivity index (χ0n) is 5.80. The summed E-state index contributed by atoms with van der Waals surface area (Å²) < 4.78 is 14.2. The maximum Gasteiger partial charge on any atom is 0.327 e. The third-order valence-corrected chi connectivity index (χ3v) is 1.18. The van der Waals surface area contributed by atoms with Crippen molar-refractivity contribution in [1.29, 1.82) is 0 Å². The van der Waals surface area contributed by atoms with Gasteiger partial charge in [-0.05, 0) is 6.42 Å². The molecular weight excluding hydrogens is 188 g/mol. The van der Waals surface area contributed by atoms with Gasteiger partial charge in [0.05, 0.1) is 6.61 Å². The second-order valence-corrected chi connectivity index (χ2v) is 2.02. The number of unbranched alkanes of at least 4 members (excludes halogenated alkanes) is 2. The monoisotopic (exact) mass is 198 g/mol. The summed E-state index contributed by atoms with van der Waals surface area (Å²) >= 11 is 0. The minimum absolute atomic E-state index is 0. The Labute approximate surface area is 70.4 Å². The van der Waals surface area contributed by atoms with Crippen LogP contribution in [0.5, 0.6) is 0 Å². The minimum Gasteiger partial charge on any atom is -0.294 e. The van der Waals surface area contributed by atoms with Crippen LogP contribution in [0.15, 0.2) is 0 Å². The molecule has 0 aromatic carbocycles. The van der Waals surface area contributed by atoms with Gasteiger partial charge in [0.1, 0.15) is 0 Å². The normalized spacial score (nSPS) is 9.00. The third-order valence-electron chi connectivity index (χ3n) is 0.892. The Morgan fingerprint density at radius 1 is 1.44 bits per heavy atom. The van der Waals surface area contributed by atoms with E-state index in [2.05, 4.69) is 11.4 Å². The Hall–Kier alpha value is 0.683. The van der Waals surface area contributed by atoms with Crippen LogP contribution >= 0.6 is 8.69 Å². The van der Waals surface area contributed by atoms with Crippen molar-refractivity contribution >= 4 is 8.69 Å². The van der Waals surface area contributed by atoms with Crippen LogP contribution in [0.3, 0.4) is 0 Å². The number of rotatable bonds is 5. The van der Waals surface area contributed by atoms with Gasteiger partial charge in [0.25, 0.3) is 0 Å². The van der Waals surface area contributed by atoms with E-state index in [0.29, 0.717) is 6.61 Å². The third kappa shape index (κ3) is 12.0. The largest absolute Gasteiger partial charge is 0.327 e. The van der Waals surface area contributed by atoms with Gasteiger partial charge in [0.2, 0.25) is 0 Å². The zero-order valence-corrected chi connectivity index (χ0v) is 9.66. The van der Waals surface area contributed by atoms with Gasteiger partial charge in [-0.25, -0.2) is 4.57 Å². The summed E-state index contributed by atoms with van der Waals surface area (Å²) in [5.41, 5.74) is 0. The fourth-order valence-corrected chi connectivity index (χ4v) is 0.658. The first kappa shape index (κ1) is 12.4. The van der Waals surface area contributed by atoms with Crippen LogP contribution in [0.1, 0.15) is 26.2 Å². The van der Waals surface area contributed by atoms with Crippen molar-refractivity contribution in [3.05, 3.63) is 0 Å². The molecule has 0 aromatic rings. The van der Waals surface area contributed by atoms with Crippen LogP contribution in [0.4, 0.5) is 0 Å². The van der Waals surface area contributed by atoms with Crippen LogP contribution in [0.2, 0.25) is 0 Å². The summed E-state index contributed by atoms with van der Waals surface area (Å²) in [5.74, 6) is 0. The maximum absolute atomic E-state index is 9.64. The molecule has 0 aliphatic carbocycles. The van der Waals surface area contributed by atoms with Crippen molar-refractivity contribution in [2.75, 3.05) is 6.61 Å². The van der Waals surface area contributed by atoms with Gasteiger partial charge in [-0.15, -0.1) is 0 Å². The molecule has 4 heteroatoms. The van der Waals surface area contributed by atoms with Crippen LogP contribution in [0, 0.1) is 0 Å². The minimum atomic E-state index is -0.189. The standard InChI is InChI=1S/C5H11O2P.Zn/c1-2-3-4-5-7-8-6;/h2-5H2,1H3;. The van der Waals surface area contributed by atoms with Gasteiger partial charge in [-0.3, -0.25) is 4.52 Å². The Kier molecular flexibility index (Phi) is 15.8. The topological polar surface area (TPSA) is 26.3 Å². The smallest absolute Gasteiger partial charge is 0.294 e. The molecule has 0 N–H and O–H groups in total. The van der Waals surface area contributed by atoms with Crippen LogP contribution in [0.25, 0.3) is 0 Å². The molecule has 0 aliphatic rings. The first-order valence-corrected chi connectivity index (χ1v) is 3.59. The number of hydrogen-bond donors (Lipinski definition) is 0. The van der Waals surface area contributed by atoms with E-state index >= 15 is 0 Å². The summed E-state index contributed by atoms with van der Waals surface area (Å²) in [7, 11) is -0.189. The molecule has 2 nitrogen and oxygen atoms in total. The molecule has 0 unspecified atom stereocenters. The molecule has 9 heavy (non-hydrogen) atoms. The van der Waals surface area contributed by atoms with Crippen molar-refractivity contribution in [3.63, 3.8) is 0 Å². The van der Waals surface area contributed by atoms with Crippen molar-refractivity contribution in [1.82, 2.24) is 0 Å². The van der Waals surface area contributed by atoms with Gasteiger partial charge in [-0.2, -0.15) is 0 Å². The molecule has 0 rings (SSSR count). The molecule has 50 valence electrons. The van der Waals surface area contributed by atoms with Crippen molar-refractivity contribution in [2.45, 2.75) is 26.2 Å². The van der Waals surface area contributed by atoms with E-state index in [1.807, 2.05) is 0 Å². The van der Waals surface area contributed by atoms with Crippen molar-refractivity contribution in [2.24, 2.45) is 0 Å². The average molecular weight is 200 g/mol. The first-order chi connectivity index (χ1) is 3.91. The Morgan fingerprint density at radius 3 is 2.56 bits per heavy atom. The maximum atomic E-state index is 9.64. The fourth-order valence-electron chi connectivity index (χ4n) is 0.454. The van der Waals surface area contributed by atoms with E-state index in [4.69, 9.17) is 0 Å². The zero-order chi connectivity index (χ0) is 6.24. The molecule has 0 saturated carbocycles. The van der Waals surface area contributed by atoms with Gasteiger partial charge in [0, 0.05) is 19.5 Å². The van der Waals surface area contributed by atoms with Crippen molar-refractivity contribution < 1.29 is 28.6 Å². The Bertz CT molecular complexity index is 60.9. The molecule has 0 amide bonds. The summed E-state index contributed by atoms with van der Waals surface area (Å²) in [6.07, 6.45) is 3.36. The summed E-state index contributed by atoms with van der Waals surface area (Å²) in [6, 6.07) is 0. The van der Waals surface area contributed by atoms with Gasteiger partial charge < -0.3 is 0 Å². The predicted molar refractivity (Wildman–Crippen MR) is 33.1 cm³/mol. The fraction of sp³-hybridized carbons (Fsp3) is 1.00. The average Bonchev–Trinajstić information content (AvgIpc) is 1.81. The molecule has 0 aliphatic heterocycles. The summed E-state index contributed by atoms with van der Waals surface area (Å²) in [4.78, 5) is 0. The van der Waals surface area contributed by atoms with E-state index in [9.17, 15) is 4.57 Å². The van der Waals surface area contributed by atoms with Gasteiger partial charge >= 0.3 is 8.69 Å². The molecule has 0 bridgehead atoms. The molecule has 0 aromatic heterocycles. The second kappa shape index (κ2) is 11.5. The van der Waals surface area contributed by atoms with Crippen LogP contribution < -0.4 is 0 Å². The van der Waals surface area contributed by atoms with E-state index in [1.54, 1.807) is 0 Å². The second-order valence-electron chi connectivity index (χ2n) is 1.61. The molecule has 0 heterocycles. The molecule has 0 spiro atoms. The van der Waals surface area contributed by atoms with Crippen molar-refractivity contribution in [3.8, 4) is 0 Å². The molecule has 0 atom stereocenters. The summed E-state index contributed by atoms with van der Waals surface area (Å²) in [6.45, 7) is 2.74. The molecule has 0 fully saturated rings. The Morgan fingerprint density at radius 2 is 2.11 bits per heavy atom. The SMILES string of the molecule is CCCCCOP=O.[Zn]. The van der Waals surface area contributed by atoms with E-state index in [-0.39, 0.29) is 28.2 Å². The first-order valence-electron chi connectivity index (χ1n) is 2.86. The number of hydrogen-bond acceptors (Lipinski definition) is 2.